The molecule has 0 aliphatic heterocycles. The molecule has 0 amide bonds. The third-order valence-corrected chi connectivity index (χ3v) is 2.91. The molecule has 2 rings (SSSR count). The first-order chi connectivity index (χ1) is 8.10. The third kappa shape index (κ3) is 2.73. The van der Waals surface area contributed by atoms with Crippen LogP contribution in [-0.4, -0.2) is 14.8 Å². The van der Waals surface area contributed by atoms with Crippen LogP contribution in [0.4, 0.5) is 0 Å². The molecule has 17 heavy (non-hydrogen) atoms. The molecule has 0 radical (unpaired) electrons. The van der Waals surface area contributed by atoms with E-state index in [-0.39, 0.29) is 0 Å². The SMILES string of the molecule is CC(C)c1cc(CN)cc(-n2cc(Br)cn2)n1. The number of nitrogens with two attached hydrogens (primary N) is 1. The molecule has 2 aromatic heterocycles. The molecule has 0 bridgehead atoms. The van der Waals surface area contributed by atoms with E-state index in [1.807, 2.05) is 18.3 Å². The number of aromatic nitrogens is 3. The van der Waals surface area contributed by atoms with Gasteiger partial charge in [0.2, 0.25) is 0 Å². The lowest BCUT2D eigenvalue weighted by Gasteiger charge is -2.10. The fourth-order valence-electron chi connectivity index (χ4n) is 1.55. The van der Waals surface area contributed by atoms with Gasteiger partial charge in [0, 0.05) is 18.4 Å². The summed E-state index contributed by atoms with van der Waals surface area (Å²) in [6.45, 7) is 4.74. The van der Waals surface area contributed by atoms with E-state index in [9.17, 15) is 0 Å². The van der Waals surface area contributed by atoms with Crippen molar-refractivity contribution in [2.45, 2.75) is 26.3 Å². The van der Waals surface area contributed by atoms with Crippen molar-refractivity contribution in [1.82, 2.24) is 14.8 Å². The zero-order valence-electron chi connectivity index (χ0n) is 9.89. The summed E-state index contributed by atoms with van der Waals surface area (Å²) in [5.74, 6) is 1.18. The Hall–Kier alpha value is -1.20. The second kappa shape index (κ2) is 4.98. The number of hydrogen-bond donors (Lipinski definition) is 1. The minimum atomic E-state index is 0.374. The van der Waals surface area contributed by atoms with Gasteiger partial charge in [-0.05, 0) is 39.5 Å². The Kier molecular flexibility index (Phi) is 3.59. The Morgan fingerprint density at radius 3 is 2.71 bits per heavy atom. The Labute approximate surface area is 109 Å². The Bertz CT molecular complexity index is 519. The third-order valence-electron chi connectivity index (χ3n) is 2.50. The van der Waals surface area contributed by atoms with Crippen molar-refractivity contribution in [3.8, 4) is 5.82 Å². The molecule has 0 fully saturated rings. The van der Waals surface area contributed by atoms with Gasteiger partial charge in [0.25, 0.3) is 0 Å². The average molecular weight is 295 g/mol. The fraction of sp³-hybridized carbons (Fsp3) is 0.333. The van der Waals surface area contributed by atoms with Crippen molar-refractivity contribution >= 4 is 15.9 Å². The van der Waals surface area contributed by atoms with Gasteiger partial charge in [0.05, 0.1) is 10.7 Å². The van der Waals surface area contributed by atoms with Crippen LogP contribution in [0.3, 0.4) is 0 Å². The van der Waals surface area contributed by atoms with E-state index in [1.165, 1.54) is 0 Å². The van der Waals surface area contributed by atoms with E-state index in [4.69, 9.17) is 5.73 Å². The Balaban J connectivity index is 2.49. The summed E-state index contributed by atoms with van der Waals surface area (Å²) in [6.07, 6.45) is 3.62. The molecule has 0 saturated heterocycles. The maximum atomic E-state index is 5.70. The van der Waals surface area contributed by atoms with Crippen LogP contribution < -0.4 is 5.73 Å². The molecular weight excluding hydrogens is 280 g/mol. The predicted octanol–water partition coefficient (Wildman–Crippen LogP) is 2.61. The van der Waals surface area contributed by atoms with Crippen LogP contribution in [0, 0.1) is 0 Å². The number of halogens is 1. The molecule has 0 aromatic carbocycles. The van der Waals surface area contributed by atoms with Crippen LogP contribution in [-0.2, 0) is 6.54 Å². The van der Waals surface area contributed by atoms with E-state index in [1.54, 1.807) is 10.9 Å². The summed E-state index contributed by atoms with van der Waals surface area (Å²) in [4.78, 5) is 4.59. The summed E-state index contributed by atoms with van der Waals surface area (Å²) >= 11 is 3.38. The highest BCUT2D eigenvalue weighted by atomic mass is 79.9. The van der Waals surface area contributed by atoms with Crippen LogP contribution in [0.2, 0.25) is 0 Å². The van der Waals surface area contributed by atoms with Crippen molar-refractivity contribution in [3.63, 3.8) is 0 Å². The molecular formula is C12H15BrN4. The van der Waals surface area contributed by atoms with Gasteiger partial charge in [0.15, 0.2) is 5.82 Å². The average Bonchev–Trinajstić information content (AvgIpc) is 2.75. The first-order valence-electron chi connectivity index (χ1n) is 5.51. The van der Waals surface area contributed by atoms with Crippen LogP contribution in [0.15, 0.2) is 29.0 Å². The Morgan fingerprint density at radius 1 is 1.41 bits per heavy atom. The number of rotatable bonds is 3. The van der Waals surface area contributed by atoms with Crippen molar-refractivity contribution in [1.29, 1.82) is 0 Å². The molecule has 0 spiro atoms. The first-order valence-corrected chi connectivity index (χ1v) is 6.31. The lowest BCUT2D eigenvalue weighted by Crippen LogP contribution is -2.06. The summed E-state index contributed by atoms with van der Waals surface area (Å²) < 4.78 is 2.68. The van der Waals surface area contributed by atoms with E-state index in [2.05, 4.69) is 39.9 Å². The maximum Gasteiger partial charge on any atom is 0.153 e. The fourth-order valence-corrected chi connectivity index (χ4v) is 1.84. The monoisotopic (exact) mass is 294 g/mol. The minimum absolute atomic E-state index is 0.374. The van der Waals surface area contributed by atoms with Crippen molar-refractivity contribution in [3.05, 3.63) is 40.3 Å². The van der Waals surface area contributed by atoms with Gasteiger partial charge in [-0.25, -0.2) is 9.67 Å². The molecule has 0 atom stereocenters. The summed E-state index contributed by atoms with van der Waals surface area (Å²) in [5, 5.41) is 4.23. The van der Waals surface area contributed by atoms with E-state index < -0.39 is 0 Å². The highest BCUT2D eigenvalue weighted by molar-refractivity contribution is 9.10. The largest absolute Gasteiger partial charge is 0.326 e. The lowest BCUT2D eigenvalue weighted by molar-refractivity contribution is 0.777. The van der Waals surface area contributed by atoms with E-state index in [0.29, 0.717) is 12.5 Å². The van der Waals surface area contributed by atoms with Crippen LogP contribution in [0.1, 0.15) is 31.0 Å². The van der Waals surface area contributed by atoms with Gasteiger partial charge in [-0.1, -0.05) is 13.8 Å². The van der Waals surface area contributed by atoms with E-state index in [0.717, 1.165) is 21.5 Å². The minimum Gasteiger partial charge on any atom is -0.326 e. The predicted molar refractivity (Wildman–Crippen MR) is 71.0 cm³/mol. The molecule has 0 aliphatic rings. The molecule has 0 aliphatic carbocycles. The van der Waals surface area contributed by atoms with Gasteiger partial charge < -0.3 is 5.73 Å². The van der Waals surface area contributed by atoms with Crippen molar-refractivity contribution in [2.75, 3.05) is 0 Å². The van der Waals surface area contributed by atoms with Gasteiger partial charge in [-0.2, -0.15) is 5.10 Å². The number of pyridine rings is 1. The highest BCUT2D eigenvalue weighted by Gasteiger charge is 2.07. The zero-order valence-corrected chi connectivity index (χ0v) is 11.5. The number of hydrogen-bond acceptors (Lipinski definition) is 3. The standard InChI is InChI=1S/C12H15BrN4/c1-8(2)11-3-9(5-14)4-12(16-11)17-7-10(13)6-15-17/h3-4,6-8H,5,14H2,1-2H3. The van der Waals surface area contributed by atoms with Crippen LogP contribution in [0.25, 0.3) is 5.82 Å². The molecule has 2 heterocycles. The van der Waals surface area contributed by atoms with Crippen molar-refractivity contribution < 1.29 is 0 Å². The second-order valence-corrected chi connectivity index (χ2v) is 5.14. The quantitative estimate of drug-likeness (QED) is 0.947. The van der Waals surface area contributed by atoms with Crippen LogP contribution in [0.5, 0.6) is 0 Å². The molecule has 2 aromatic rings. The maximum absolute atomic E-state index is 5.70. The van der Waals surface area contributed by atoms with E-state index >= 15 is 0 Å². The van der Waals surface area contributed by atoms with Gasteiger partial charge >= 0.3 is 0 Å². The Morgan fingerprint density at radius 2 is 2.18 bits per heavy atom. The topological polar surface area (TPSA) is 56.7 Å². The van der Waals surface area contributed by atoms with Crippen molar-refractivity contribution in [2.24, 2.45) is 5.73 Å². The second-order valence-electron chi connectivity index (χ2n) is 4.22. The summed E-state index contributed by atoms with van der Waals surface area (Å²) in [6, 6.07) is 4.01. The summed E-state index contributed by atoms with van der Waals surface area (Å²) in [5.41, 5.74) is 7.82. The van der Waals surface area contributed by atoms with Gasteiger partial charge in [0.1, 0.15) is 0 Å². The first kappa shape index (κ1) is 12.3. The molecule has 0 saturated carbocycles. The molecule has 0 unspecified atom stereocenters. The normalized spacial score (nSPS) is 11.1. The molecule has 5 heteroatoms. The highest BCUT2D eigenvalue weighted by Crippen LogP contribution is 2.18. The molecule has 90 valence electrons. The summed E-state index contributed by atoms with van der Waals surface area (Å²) in [7, 11) is 0. The smallest absolute Gasteiger partial charge is 0.153 e. The van der Waals surface area contributed by atoms with Crippen LogP contribution >= 0.6 is 15.9 Å². The number of nitrogens with zero attached hydrogens (tertiary/aromatic N) is 3. The molecule has 2 N–H and O–H groups in total. The molecule has 4 nitrogen and oxygen atoms in total. The lowest BCUT2D eigenvalue weighted by atomic mass is 10.1. The van der Waals surface area contributed by atoms with Gasteiger partial charge in [-0.3, -0.25) is 0 Å². The van der Waals surface area contributed by atoms with Gasteiger partial charge in [-0.15, -0.1) is 0 Å². The zero-order chi connectivity index (χ0) is 12.4.